The highest BCUT2D eigenvalue weighted by Gasteiger charge is 2.14. The van der Waals surface area contributed by atoms with Gasteiger partial charge >= 0.3 is 0 Å². The summed E-state index contributed by atoms with van der Waals surface area (Å²) in [5.41, 5.74) is 1.82. The molecule has 0 fully saturated rings. The van der Waals surface area contributed by atoms with Crippen molar-refractivity contribution in [3.63, 3.8) is 0 Å². The second-order valence-corrected chi connectivity index (χ2v) is 5.82. The van der Waals surface area contributed by atoms with Crippen LogP contribution in [0.5, 0.6) is 11.5 Å². The summed E-state index contributed by atoms with van der Waals surface area (Å²) in [6.45, 7) is 2.46. The van der Waals surface area contributed by atoms with E-state index < -0.39 is 0 Å². The second kappa shape index (κ2) is 8.35. The van der Waals surface area contributed by atoms with E-state index in [9.17, 15) is 9.18 Å². The van der Waals surface area contributed by atoms with Crippen LogP contribution in [-0.4, -0.2) is 35.9 Å². The Hall–Kier alpha value is -3.35. The SMILES string of the molecule is COc1cccc(OCCNC(=O)c2cnn(-c3ccc(F)cc3)c2C)c1. The third-order valence-corrected chi connectivity index (χ3v) is 4.02. The molecule has 1 N–H and O–H groups in total. The molecule has 2 aromatic carbocycles. The first-order chi connectivity index (χ1) is 13.1. The molecule has 0 atom stereocenters. The minimum absolute atomic E-state index is 0.241. The molecule has 7 heteroatoms. The maximum atomic E-state index is 13.1. The Kier molecular flexibility index (Phi) is 5.71. The number of nitrogens with zero attached hydrogens (tertiary/aromatic N) is 2. The van der Waals surface area contributed by atoms with Gasteiger partial charge in [-0.25, -0.2) is 9.07 Å². The molecule has 0 saturated carbocycles. The summed E-state index contributed by atoms with van der Waals surface area (Å²) in [7, 11) is 1.59. The number of carbonyl (C=O) groups is 1. The van der Waals surface area contributed by atoms with Crippen molar-refractivity contribution in [3.8, 4) is 17.2 Å². The zero-order chi connectivity index (χ0) is 19.2. The number of nitrogens with one attached hydrogen (secondary N) is 1. The van der Waals surface area contributed by atoms with Crippen LogP contribution in [0.25, 0.3) is 5.69 Å². The maximum absolute atomic E-state index is 13.1. The Morgan fingerprint density at radius 3 is 2.67 bits per heavy atom. The van der Waals surface area contributed by atoms with E-state index in [0.717, 1.165) is 0 Å². The van der Waals surface area contributed by atoms with Gasteiger partial charge in [0.15, 0.2) is 0 Å². The number of amides is 1. The van der Waals surface area contributed by atoms with Crippen molar-refractivity contribution in [2.75, 3.05) is 20.3 Å². The van der Waals surface area contributed by atoms with Gasteiger partial charge in [-0.05, 0) is 43.3 Å². The summed E-state index contributed by atoms with van der Waals surface area (Å²) >= 11 is 0. The number of methoxy groups -OCH3 is 1. The molecule has 3 rings (SSSR count). The number of hydrogen-bond acceptors (Lipinski definition) is 4. The first-order valence-corrected chi connectivity index (χ1v) is 8.44. The molecule has 0 aliphatic carbocycles. The van der Waals surface area contributed by atoms with Gasteiger partial charge in [-0.15, -0.1) is 0 Å². The minimum atomic E-state index is -0.322. The third-order valence-electron chi connectivity index (χ3n) is 4.02. The average Bonchev–Trinajstić information content (AvgIpc) is 3.07. The molecule has 27 heavy (non-hydrogen) atoms. The molecular weight excluding hydrogens is 349 g/mol. The minimum Gasteiger partial charge on any atom is -0.497 e. The van der Waals surface area contributed by atoms with Crippen molar-refractivity contribution in [1.82, 2.24) is 15.1 Å². The van der Waals surface area contributed by atoms with Crippen LogP contribution in [0.1, 0.15) is 16.1 Å². The highest BCUT2D eigenvalue weighted by molar-refractivity contribution is 5.95. The number of hydrogen-bond donors (Lipinski definition) is 1. The largest absolute Gasteiger partial charge is 0.497 e. The zero-order valence-electron chi connectivity index (χ0n) is 15.1. The zero-order valence-corrected chi connectivity index (χ0v) is 15.1. The lowest BCUT2D eigenvalue weighted by molar-refractivity contribution is 0.0946. The fourth-order valence-corrected chi connectivity index (χ4v) is 2.59. The van der Waals surface area contributed by atoms with Crippen LogP contribution in [0, 0.1) is 12.7 Å². The third kappa shape index (κ3) is 4.44. The van der Waals surface area contributed by atoms with Crippen LogP contribution < -0.4 is 14.8 Å². The van der Waals surface area contributed by atoms with E-state index in [1.165, 1.54) is 18.3 Å². The molecule has 0 spiro atoms. The van der Waals surface area contributed by atoms with Crippen molar-refractivity contribution in [3.05, 3.63) is 71.8 Å². The van der Waals surface area contributed by atoms with Crippen molar-refractivity contribution < 1.29 is 18.7 Å². The van der Waals surface area contributed by atoms with E-state index >= 15 is 0 Å². The van der Waals surface area contributed by atoms with Gasteiger partial charge in [-0.1, -0.05) is 6.07 Å². The van der Waals surface area contributed by atoms with Gasteiger partial charge in [0.05, 0.1) is 36.8 Å². The standard InChI is InChI=1S/C20H20FN3O3/c1-14-19(13-23-24(14)16-8-6-15(21)7-9-16)20(25)22-10-11-27-18-5-3-4-17(12-18)26-2/h3-9,12-13H,10-11H2,1-2H3,(H,22,25). The molecule has 6 nitrogen and oxygen atoms in total. The maximum Gasteiger partial charge on any atom is 0.254 e. The highest BCUT2D eigenvalue weighted by atomic mass is 19.1. The van der Waals surface area contributed by atoms with Gasteiger partial charge in [0.25, 0.3) is 5.91 Å². The molecule has 0 bridgehead atoms. The predicted molar refractivity (Wildman–Crippen MR) is 99.1 cm³/mol. The molecular formula is C20H20FN3O3. The van der Waals surface area contributed by atoms with Crippen LogP contribution in [0.2, 0.25) is 0 Å². The predicted octanol–water partition coefficient (Wildman–Crippen LogP) is 3.14. The molecule has 0 aliphatic rings. The first-order valence-electron chi connectivity index (χ1n) is 8.44. The van der Waals surface area contributed by atoms with Gasteiger partial charge < -0.3 is 14.8 Å². The van der Waals surface area contributed by atoms with Crippen molar-refractivity contribution in [2.24, 2.45) is 0 Å². The lowest BCUT2D eigenvalue weighted by Crippen LogP contribution is -2.28. The molecule has 140 valence electrons. The van der Waals surface area contributed by atoms with Crippen molar-refractivity contribution >= 4 is 5.91 Å². The Bertz CT molecular complexity index is 922. The lowest BCUT2D eigenvalue weighted by Gasteiger charge is -2.09. The number of aromatic nitrogens is 2. The van der Waals surface area contributed by atoms with Crippen LogP contribution in [0.15, 0.2) is 54.7 Å². The van der Waals surface area contributed by atoms with E-state index in [1.54, 1.807) is 36.9 Å². The number of ether oxygens (including phenoxy) is 2. The highest BCUT2D eigenvalue weighted by Crippen LogP contribution is 2.18. The smallest absolute Gasteiger partial charge is 0.254 e. The van der Waals surface area contributed by atoms with Crippen molar-refractivity contribution in [1.29, 1.82) is 0 Å². The number of rotatable bonds is 7. The van der Waals surface area contributed by atoms with Gasteiger partial charge in [-0.2, -0.15) is 5.10 Å². The summed E-state index contributed by atoms with van der Waals surface area (Å²) in [5.74, 6) is 0.817. The molecule has 0 saturated heterocycles. The number of benzene rings is 2. The van der Waals surface area contributed by atoms with E-state index in [0.29, 0.717) is 41.6 Å². The summed E-state index contributed by atoms with van der Waals surface area (Å²) < 4.78 is 25.4. The number of halogens is 1. The monoisotopic (exact) mass is 369 g/mol. The van der Waals surface area contributed by atoms with Crippen LogP contribution in [-0.2, 0) is 0 Å². The Balaban J connectivity index is 1.56. The van der Waals surface area contributed by atoms with Crippen LogP contribution in [0.4, 0.5) is 4.39 Å². The second-order valence-electron chi connectivity index (χ2n) is 5.82. The lowest BCUT2D eigenvalue weighted by atomic mass is 10.2. The van der Waals surface area contributed by atoms with Crippen LogP contribution >= 0.6 is 0 Å². The first kappa shape index (κ1) is 18.4. The van der Waals surface area contributed by atoms with Crippen LogP contribution in [0.3, 0.4) is 0 Å². The van der Waals surface area contributed by atoms with E-state index in [2.05, 4.69) is 10.4 Å². The van der Waals surface area contributed by atoms with Gasteiger partial charge in [0.2, 0.25) is 0 Å². The van der Waals surface area contributed by atoms with Gasteiger partial charge in [0, 0.05) is 6.07 Å². The van der Waals surface area contributed by atoms with E-state index in [4.69, 9.17) is 9.47 Å². The average molecular weight is 369 g/mol. The van der Waals surface area contributed by atoms with Gasteiger partial charge in [-0.3, -0.25) is 4.79 Å². The summed E-state index contributed by atoms with van der Waals surface area (Å²) in [6, 6.07) is 13.2. The molecule has 1 heterocycles. The normalized spacial score (nSPS) is 10.5. The molecule has 1 amide bonds. The van der Waals surface area contributed by atoms with E-state index in [-0.39, 0.29) is 11.7 Å². The fraction of sp³-hybridized carbons (Fsp3) is 0.200. The Labute approximate surface area is 156 Å². The fourth-order valence-electron chi connectivity index (χ4n) is 2.59. The molecule has 0 unspecified atom stereocenters. The molecule has 0 aliphatic heterocycles. The van der Waals surface area contributed by atoms with Gasteiger partial charge in [0.1, 0.15) is 23.9 Å². The Morgan fingerprint density at radius 2 is 1.93 bits per heavy atom. The summed E-state index contributed by atoms with van der Waals surface area (Å²) in [6.07, 6.45) is 1.50. The number of carbonyl (C=O) groups excluding carboxylic acids is 1. The van der Waals surface area contributed by atoms with Crippen molar-refractivity contribution in [2.45, 2.75) is 6.92 Å². The summed E-state index contributed by atoms with van der Waals surface area (Å²) in [4.78, 5) is 12.4. The van der Waals surface area contributed by atoms with E-state index in [1.807, 2.05) is 18.2 Å². The summed E-state index contributed by atoms with van der Waals surface area (Å²) in [5, 5.41) is 7.02. The molecule has 0 radical (unpaired) electrons. The Morgan fingerprint density at radius 1 is 1.19 bits per heavy atom. The molecule has 1 aromatic heterocycles. The quantitative estimate of drug-likeness (QED) is 0.650. The topological polar surface area (TPSA) is 65.4 Å². The molecule has 3 aromatic rings.